The lowest BCUT2D eigenvalue weighted by molar-refractivity contribution is -0.00571. The van der Waals surface area contributed by atoms with Gasteiger partial charge >= 0.3 is 5.97 Å². The van der Waals surface area contributed by atoms with Crippen molar-refractivity contribution in [3.8, 4) is 22.6 Å². The SMILES string of the molecule is COc1cc(C(=O)N2CCC3(CC2)CC(=O)c2cc(-c4ccnc(C(=O)O)c4)ccc2O3)cc2c1ccn2C1CC1. The molecule has 1 N–H and O–H groups in total. The molecule has 41 heavy (non-hydrogen) atoms. The second-order valence-corrected chi connectivity index (χ2v) is 11.2. The number of aromatic nitrogens is 2. The van der Waals surface area contributed by atoms with Gasteiger partial charge in [-0.2, -0.15) is 0 Å². The van der Waals surface area contributed by atoms with Crippen molar-refractivity contribution in [2.24, 2.45) is 0 Å². The Bertz CT molecular complexity index is 1730. The second kappa shape index (κ2) is 9.47. The number of ketones is 1. The minimum Gasteiger partial charge on any atom is -0.496 e. The van der Waals surface area contributed by atoms with Gasteiger partial charge in [0, 0.05) is 55.3 Å². The maximum absolute atomic E-state index is 13.6. The molecule has 1 amide bonds. The minimum absolute atomic E-state index is 0.0172. The molecule has 7 rings (SSSR count). The van der Waals surface area contributed by atoms with Crippen molar-refractivity contribution in [3.63, 3.8) is 0 Å². The summed E-state index contributed by atoms with van der Waals surface area (Å²) in [6.07, 6.45) is 7.16. The number of aromatic carboxylic acids is 1. The second-order valence-electron chi connectivity index (χ2n) is 11.2. The summed E-state index contributed by atoms with van der Waals surface area (Å²) in [6, 6.07) is 14.9. The molecule has 2 fully saturated rings. The maximum atomic E-state index is 13.6. The van der Waals surface area contributed by atoms with E-state index in [1.54, 1.807) is 25.3 Å². The van der Waals surface area contributed by atoms with E-state index in [0.717, 1.165) is 29.3 Å². The summed E-state index contributed by atoms with van der Waals surface area (Å²) >= 11 is 0. The third-order valence-electron chi connectivity index (χ3n) is 8.57. The van der Waals surface area contributed by atoms with Crippen molar-refractivity contribution in [2.45, 2.75) is 43.7 Å². The zero-order valence-corrected chi connectivity index (χ0v) is 22.6. The van der Waals surface area contributed by atoms with E-state index in [0.29, 0.717) is 60.2 Å². The monoisotopic (exact) mass is 551 g/mol. The number of benzene rings is 2. The van der Waals surface area contributed by atoms with Gasteiger partial charge in [0.2, 0.25) is 0 Å². The Balaban J connectivity index is 1.09. The lowest BCUT2D eigenvalue weighted by atomic mass is 9.82. The highest BCUT2D eigenvalue weighted by atomic mass is 16.5. The number of hydrogen-bond donors (Lipinski definition) is 1. The molecule has 1 spiro atoms. The van der Waals surface area contributed by atoms with Gasteiger partial charge in [-0.3, -0.25) is 9.59 Å². The molecule has 2 aromatic carbocycles. The van der Waals surface area contributed by atoms with E-state index in [9.17, 15) is 19.5 Å². The van der Waals surface area contributed by atoms with Crippen molar-refractivity contribution < 1.29 is 29.0 Å². The fourth-order valence-electron chi connectivity index (χ4n) is 6.17. The number of carbonyl (C=O) groups is 3. The van der Waals surface area contributed by atoms with Crippen LogP contribution in [-0.2, 0) is 0 Å². The van der Waals surface area contributed by atoms with Crippen LogP contribution >= 0.6 is 0 Å². The predicted molar refractivity (Wildman–Crippen MR) is 151 cm³/mol. The molecular weight excluding hydrogens is 522 g/mol. The maximum Gasteiger partial charge on any atom is 0.354 e. The van der Waals surface area contributed by atoms with Gasteiger partial charge in [0.25, 0.3) is 5.91 Å². The Labute approximate surface area is 236 Å². The van der Waals surface area contributed by atoms with Crippen LogP contribution in [-0.4, -0.2) is 63.0 Å². The minimum atomic E-state index is -1.11. The van der Waals surface area contributed by atoms with Crippen LogP contribution in [0.25, 0.3) is 22.0 Å². The molecule has 208 valence electrons. The Hall–Kier alpha value is -4.66. The number of carbonyl (C=O) groups excluding carboxylic acids is 2. The van der Waals surface area contributed by atoms with Crippen LogP contribution in [0.3, 0.4) is 0 Å². The lowest BCUT2D eigenvalue weighted by Crippen LogP contribution is -2.52. The third kappa shape index (κ3) is 4.41. The number of Topliss-reactive ketones (excluding diaryl/α,β-unsaturated/α-hetero) is 1. The Kier molecular flexibility index (Phi) is 5.85. The highest BCUT2D eigenvalue weighted by molar-refractivity contribution is 6.02. The van der Waals surface area contributed by atoms with Crippen molar-refractivity contribution in [1.82, 2.24) is 14.5 Å². The smallest absolute Gasteiger partial charge is 0.354 e. The van der Waals surface area contributed by atoms with Gasteiger partial charge < -0.3 is 24.0 Å². The van der Waals surface area contributed by atoms with Crippen LogP contribution < -0.4 is 9.47 Å². The highest BCUT2D eigenvalue weighted by Gasteiger charge is 2.44. The quantitative estimate of drug-likeness (QED) is 0.354. The van der Waals surface area contributed by atoms with Crippen LogP contribution in [0.2, 0.25) is 0 Å². The van der Waals surface area contributed by atoms with Crippen molar-refractivity contribution in [1.29, 1.82) is 0 Å². The van der Waals surface area contributed by atoms with E-state index in [2.05, 4.69) is 15.7 Å². The van der Waals surface area contributed by atoms with Crippen LogP contribution in [0, 0.1) is 0 Å². The van der Waals surface area contributed by atoms with Crippen LogP contribution in [0.15, 0.2) is 60.9 Å². The highest BCUT2D eigenvalue weighted by Crippen LogP contribution is 2.42. The molecule has 9 heteroatoms. The van der Waals surface area contributed by atoms with Crippen LogP contribution in [0.4, 0.5) is 0 Å². The first kappa shape index (κ1) is 25.3. The lowest BCUT2D eigenvalue weighted by Gasteiger charge is -2.44. The number of ether oxygens (including phenoxy) is 2. The number of methoxy groups -OCH3 is 1. The summed E-state index contributed by atoms with van der Waals surface area (Å²) in [5.74, 6) is 0.0454. The third-order valence-corrected chi connectivity index (χ3v) is 8.57. The van der Waals surface area contributed by atoms with E-state index < -0.39 is 11.6 Å². The number of likely N-dealkylation sites (tertiary alicyclic amines) is 1. The molecule has 1 saturated heterocycles. The van der Waals surface area contributed by atoms with E-state index in [1.807, 2.05) is 29.2 Å². The van der Waals surface area contributed by atoms with Gasteiger partial charge in [-0.1, -0.05) is 6.07 Å². The molecular formula is C32H29N3O6. The Morgan fingerprint density at radius 2 is 1.83 bits per heavy atom. The Morgan fingerprint density at radius 3 is 2.56 bits per heavy atom. The van der Waals surface area contributed by atoms with E-state index >= 15 is 0 Å². The first-order chi connectivity index (χ1) is 19.8. The number of piperidine rings is 1. The fourth-order valence-corrected chi connectivity index (χ4v) is 6.17. The van der Waals surface area contributed by atoms with E-state index in [1.165, 1.54) is 12.3 Å². The summed E-state index contributed by atoms with van der Waals surface area (Å²) in [5, 5.41) is 10.3. The number of fused-ring (bicyclic) bond motifs is 2. The number of nitrogens with zero attached hydrogens (tertiary/aromatic N) is 3. The van der Waals surface area contributed by atoms with E-state index in [4.69, 9.17) is 9.47 Å². The fraction of sp³-hybridized carbons (Fsp3) is 0.312. The number of amides is 1. The predicted octanol–water partition coefficient (Wildman–Crippen LogP) is 5.39. The first-order valence-electron chi connectivity index (χ1n) is 13.9. The van der Waals surface area contributed by atoms with Gasteiger partial charge in [0.05, 0.1) is 24.6 Å². The standard InChI is InChI=1S/C32H29N3O6/c1-40-29-17-21(16-26-23(29)7-11-35(26)22-3-4-22)30(37)34-12-8-32(9-13-34)18-27(36)24-14-19(2-5-28(24)41-32)20-6-10-33-25(15-20)31(38)39/h2,5-7,10-11,14-17,22H,3-4,8-9,12-13,18H2,1H3,(H,38,39). The summed E-state index contributed by atoms with van der Waals surface area (Å²) in [6.45, 7) is 0.969. The van der Waals surface area contributed by atoms with Gasteiger partial charge in [0.1, 0.15) is 22.8 Å². The summed E-state index contributed by atoms with van der Waals surface area (Å²) in [7, 11) is 1.63. The first-order valence-corrected chi connectivity index (χ1v) is 13.9. The van der Waals surface area contributed by atoms with Crippen molar-refractivity contribution in [2.75, 3.05) is 20.2 Å². The molecule has 9 nitrogen and oxygen atoms in total. The van der Waals surface area contributed by atoms with Gasteiger partial charge in [-0.15, -0.1) is 0 Å². The Morgan fingerprint density at radius 1 is 1.05 bits per heavy atom. The molecule has 4 heterocycles. The van der Waals surface area contributed by atoms with Gasteiger partial charge in [0.15, 0.2) is 5.78 Å². The number of rotatable bonds is 5. The summed E-state index contributed by atoms with van der Waals surface area (Å²) in [5.41, 5.74) is 2.79. The largest absolute Gasteiger partial charge is 0.496 e. The molecule has 1 aliphatic carbocycles. The average Bonchev–Trinajstić information content (AvgIpc) is 3.74. The number of pyridine rings is 1. The zero-order chi connectivity index (χ0) is 28.3. The molecule has 0 bridgehead atoms. The van der Waals surface area contributed by atoms with Crippen molar-refractivity contribution in [3.05, 3.63) is 77.7 Å². The molecule has 2 aliphatic heterocycles. The molecule has 0 atom stereocenters. The van der Waals surface area contributed by atoms with Crippen molar-refractivity contribution >= 4 is 28.6 Å². The number of carboxylic acid groups (broad SMARTS) is 1. The summed E-state index contributed by atoms with van der Waals surface area (Å²) in [4.78, 5) is 44.0. The number of carboxylic acids is 1. The molecule has 0 unspecified atom stereocenters. The molecule has 4 aromatic rings. The van der Waals surface area contributed by atoms with E-state index in [-0.39, 0.29) is 23.8 Å². The molecule has 3 aliphatic rings. The molecule has 0 radical (unpaired) electrons. The average molecular weight is 552 g/mol. The molecule has 2 aromatic heterocycles. The van der Waals surface area contributed by atoms with Crippen LogP contribution in [0.5, 0.6) is 11.5 Å². The van der Waals surface area contributed by atoms with Gasteiger partial charge in [-0.25, -0.2) is 9.78 Å². The molecule has 1 saturated carbocycles. The summed E-state index contributed by atoms with van der Waals surface area (Å²) < 4.78 is 14.3. The van der Waals surface area contributed by atoms with Crippen LogP contribution in [0.1, 0.15) is 69.4 Å². The van der Waals surface area contributed by atoms with Gasteiger partial charge in [-0.05, 0) is 66.4 Å². The number of hydrogen-bond acceptors (Lipinski definition) is 6. The topological polar surface area (TPSA) is 111 Å². The zero-order valence-electron chi connectivity index (χ0n) is 22.6. The normalized spacial score (nSPS) is 17.8.